The molecule has 5 aliphatic heterocycles. The molecule has 434 valence electrons. The molecule has 5 rings (SSSR count). The first kappa shape index (κ1) is 62.7. The van der Waals surface area contributed by atoms with E-state index in [0.717, 1.165) is 13.8 Å². The topological polar surface area (TPSA) is 543 Å². The lowest BCUT2D eigenvalue weighted by Crippen LogP contribution is -2.72. The maximum Gasteiger partial charge on any atom is 0.217 e. The van der Waals surface area contributed by atoms with Gasteiger partial charge in [0.2, 0.25) is 24.0 Å². The highest BCUT2D eigenvalue weighted by Crippen LogP contribution is 2.39. The predicted molar refractivity (Wildman–Crippen MR) is 228 cm³/mol. The molecule has 0 radical (unpaired) electrons. The number of carboxylic acid groups (broad SMARTS) is 1. The SMILES string of the molecule is CC(=O)N[C@H]1[C@H](O[C@H]2[C@@H](O)[C@@H](CO)O[C@@H](O[C@H]3[C@H](O)[C@@H](O)[C@H](OC[C@@H](CO)NC=O)O[C@@H]3CO)[C@@H]2O)O[C@H](CO)[C@H](O[C@@H]2O[C@H](CO)[C@H](O)[C@H](O[C@]3(C(=O)[O-])C[C@H](O)[C@@H](NC(C)=O)[C@H]([C@H](O)[C@H](O)CO)O3)[C@H]2O)[C@@H]1O. The molecule has 0 bridgehead atoms. The summed E-state index contributed by atoms with van der Waals surface area (Å²) in [5.41, 5.74) is 0. The molecule has 0 aromatic rings. The van der Waals surface area contributed by atoms with Gasteiger partial charge in [0, 0.05) is 20.3 Å². The summed E-state index contributed by atoms with van der Waals surface area (Å²) >= 11 is 0. The van der Waals surface area contributed by atoms with Gasteiger partial charge in [-0.05, 0) is 0 Å². The average Bonchev–Trinajstić information content (AvgIpc) is 3.37. The highest BCUT2D eigenvalue weighted by molar-refractivity contribution is 5.75. The lowest BCUT2D eigenvalue weighted by atomic mass is 9.88. The number of nitrogens with one attached hydrogen (secondary N) is 3. The summed E-state index contributed by atoms with van der Waals surface area (Å²) in [6, 6.07) is -4.51. The Balaban J connectivity index is 1.37. The second kappa shape index (κ2) is 27.6. The predicted octanol–water partition coefficient (Wildman–Crippen LogP) is -14.6. The number of carboxylic acids is 1. The largest absolute Gasteiger partial charge is 0.544 e. The summed E-state index contributed by atoms with van der Waals surface area (Å²) in [6.07, 6.45) is -47.4. The highest BCUT2D eigenvalue weighted by Gasteiger charge is 2.59. The van der Waals surface area contributed by atoms with Crippen molar-refractivity contribution in [2.75, 3.05) is 46.2 Å². The molecule has 0 aliphatic carbocycles. The van der Waals surface area contributed by atoms with Crippen LogP contribution in [0.3, 0.4) is 0 Å². The van der Waals surface area contributed by atoms with Crippen molar-refractivity contribution in [2.45, 2.75) is 185 Å². The van der Waals surface area contributed by atoms with Crippen LogP contribution >= 0.6 is 0 Å². The molecule has 0 spiro atoms. The number of carbonyl (C=O) groups is 4. The number of aliphatic hydroxyl groups excluding tert-OH is 16. The molecule has 5 fully saturated rings. The van der Waals surface area contributed by atoms with Gasteiger partial charge in [0.15, 0.2) is 25.2 Å². The molecule has 34 nitrogen and oxygen atoms in total. The Morgan fingerprint density at radius 3 is 1.59 bits per heavy atom. The van der Waals surface area contributed by atoms with Crippen LogP contribution in [0.1, 0.15) is 20.3 Å². The Morgan fingerprint density at radius 2 is 1.09 bits per heavy atom. The van der Waals surface area contributed by atoms with Crippen molar-refractivity contribution in [3.8, 4) is 0 Å². The third kappa shape index (κ3) is 14.2. The maximum absolute atomic E-state index is 12.9. The van der Waals surface area contributed by atoms with Crippen molar-refractivity contribution in [1.29, 1.82) is 0 Å². The van der Waals surface area contributed by atoms with E-state index >= 15 is 0 Å². The summed E-state index contributed by atoms with van der Waals surface area (Å²) in [7, 11) is 0. The minimum atomic E-state index is -3.30. The van der Waals surface area contributed by atoms with Gasteiger partial charge in [0.1, 0.15) is 122 Å². The van der Waals surface area contributed by atoms with E-state index in [1.54, 1.807) is 0 Å². The van der Waals surface area contributed by atoms with Crippen molar-refractivity contribution in [3.05, 3.63) is 0 Å². The molecule has 0 aromatic heterocycles. The van der Waals surface area contributed by atoms with Crippen LogP contribution in [0.5, 0.6) is 0 Å². The van der Waals surface area contributed by atoms with E-state index in [1.807, 2.05) is 0 Å². The Morgan fingerprint density at radius 1 is 0.613 bits per heavy atom. The average molecular weight is 1100 g/mol. The monoisotopic (exact) mass is 1100 g/mol. The second-order valence-electron chi connectivity index (χ2n) is 18.3. The van der Waals surface area contributed by atoms with Crippen LogP contribution in [-0.4, -0.2) is 317 Å². The molecule has 27 atom stereocenters. The molecule has 5 saturated heterocycles. The van der Waals surface area contributed by atoms with E-state index < -0.39 is 236 Å². The molecular weight excluding hydrogens is 1030 g/mol. The van der Waals surface area contributed by atoms with Crippen LogP contribution in [0.4, 0.5) is 0 Å². The lowest BCUT2D eigenvalue weighted by Gasteiger charge is -2.52. The number of aliphatic hydroxyl groups is 16. The zero-order valence-corrected chi connectivity index (χ0v) is 40.0. The summed E-state index contributed by atoms with van der Waals surface area (Å²) in [5.74, 6) is -7.35. The number of amides is 3. The summed E-state index contributed by atoms with van der Waals surface area (Å²) in [4.78, 5) is 48.3. The minimum Gasteiger partial charge on any atom is -0.544 e. The van der Waals surface area contributed by atoms with E-state index in [4.69, 9.17) is 47.4 Å². The smallest absolute Gasteiger partial charge is 0.217 e. The molecule has 19 N–H and O–H groups in total. The van der Waals surface area contributed by atoms with Gasteiger partial charge in [-0.1, -0.05) is 0 Å². The van der Waals surface area contributed by atoms with Crippen LogP contribution in [0.2, 0.25) is 0 Å². The molecule has 5 heterocycles. The fourth-order valence-electron chi connectivity index (χ4n) is 9.11. The van der Waals surface area contributed by atoms with Crippen molar-refractivity contribution in [3.63, 3.8) is 0 Å². The number of hydrogen-bond donors (Lipinski definition) is 19. The Bertz CT molecular complexity index is 1830. The molecular formula is C41H68N3O31-. The van der Waals surface area contributed by atoms with Gasteiger partial charge in [-0.3, -0.25) is 14.4 Å². The molecule has 0 unspecified atom stereocenters. The van der Waals surface area contributed by atoms with E-state index in [2.05, 4.69) is 16.0 Å². The number of rotatable bonds is 24. The van der Waals surface area contributed by atoms with Crippen LogP contribution in [0.25, 0.3) is 0 Å². The summed E-state index contributed by atoms with van der Waals surface area (Å²) < 4.78 is 56.6. The molecule has 3 amide bonds. The number of carbonyl (C=O) groups excluding carboxylic acids is 4. The van der Waals surface area contributed by atoms with Gasteiger partial charge >= 0.3 is 0 Å². The van der Waals surface area contributed by atoms with Crippen LogP contribution in [0.15, 0.2) is 0 Å². The van der Waals surface area contributed by atoms with Gasteiger partial charge in [-0.2, -0.15) is 0 Å². The molecule has 0 saturated carbocycles. The fourth-order valence-corrected chi connectivity index (χ4v) is 9.11. The van der Waals surface area contributed by atoms with Gasteiger partial charge in [0.25, 0.3) is 0 Å². The van der Waals surface area contributed by atoms with Crippen molar-refractivity contribution < 1.29 is 153 Å². The number of ether oxygens (including phenoxy) is 10. The Hall–Kier alpha value is -3.16. The lowest BCUT2D eigenvalue weighted by molar-refractivity contribution is -0.411. The summed E-state index contributed by atoms with van der Waals surface area (Å²) in [6.45, 7) is -4.45. The standard InChI is InChI=1S/C41H69N3O31/c1-12(52)43-21-15(54)3-41(40(64)65,74-33(21)23(56)16(55)5-46)75-35-25(58)18(7-48)68-39(30(35)63)71-31-19(8-49)69-36(22(26(31)59)44-13(2)53)73-34-24(57)17(6-47)67-38(29(34)62)72-32-20(9-50)70-37(28(61)27(32)60)66-10-14(4-45)42-11-51/h11,14-39,45-50,54-63H,3-10H2,1-2H3,(H,42,51)(H,43,52)(H,44,53)(H,64,65)/p-1/t14-,15+,16-,17-,18-,19-,20-,21-,22-,23-,24+,25+,26-,27-,28-,29-,30-,31+,32-,33-,34+,35+,36+,37-,38+,39+,41+/m1/s1. The quantitative estimate of drug-likeness (QED) is 0.0399. The normalized spacial score (nSPS) is 43.7. The molecule has 0 aromatic carbocycles. The van der Waals surface area contributed by atoms with Crippen molar-refractivity contribution in [2.24, 2.45) is 0 Å². The van der Waals surface area contributed by atoms with E-state index in [1.165, 1.54) is 0 Å². The maximum atomic E-state index is 12.9. The second-order valence-corrected chi connectivity index (χ2v) is 18.3. The first-order chi connectivity index (χ1) is 35.5. The first-order valence-electron chi connectivity index (χ1n) is 23.4. The van der Waals surface area contributed by atoms with Crippen LogP contribution < -0.4 is 21.1 Å². The number of hydrogen-bond acceptors (Lipinski definition) is 31. The van der Waals surface area contributed by atoms with E-state index in [-0.39, 0.29) is 6.41 Å². The van der Waals surface area contributed by atoms with Crippen molar-refractivity contribution >= 4 is 24.2 Å². The van der Waals surface area contributed by atoms with Gasteiger partial charge in [-0.15, -0.1) is 0 Å². The van der Waals surface area contributed by atoms with Crippen LogP contribution in [0, 0.1) is 0 Å². The van der Waals surface area contributed by atoms with Crippen molar-refractivity contribution in [1.82, 2.24) is 16.0 Å². The fraction of sp³-hybridized carbons (Fsp3) is 0.902. The molecule has 75 heavy (non-hydrogen) atoms. The van der Waals surface area contributed by atoms with Crippen LogP contribution in [-0.2, 0) is 66.5 Å². The van der Waals surface area contributed by atoms with Gasteiger partial charge < -0.3 is 155 Å². The zero-order valence-electron chi connectivity index (χ0n) is 40.0. The number of aliphatic carboxylic acids is 1. The Labute approximate surface area is 424 Å². The first-order valence-corrected chi connectivity index (χ1v) is 23.4. The molecule has 34 heteroatoms. The van der Waals surface area contributed by atoms with Gasteiger partial charge in [-0.25, -0.2) is 0 Å². The summed E-state index contributed by atoms with van der Waals surface area (Å²) in [5, 5.41) is 191. The van der Waals surface area contributed by atoms with Gasteiger partial charge in [0.05, 0.1) is 64.4 Å². The van der Waals surface area contributed by atoms with E-state index in [9.17, 15) is 106 Å². The zero-order chi connectivity index (χ0) is 55.8. The third-order valence-electron chi connectivity index (χ3n) is 13.0. The third-order valence-corrected chi connectivity index (χ3v) is 13.0. The van der Waals surface area contributed by atoms with E-state index in [0.29, 0.717) is 0 Å². The molecule has 5 aliphatic rings. The highest BCUT2D eigenvalue weighted by atomic mass is 16.8. The minimum absolute atomic E-state index is 0.269. The Kier molecular flexibility index (Phi) is 23.1.